The molecule has 0 unspecified atom stereocenters. The van der Waals surface area contributed by atoms with E-state index in [-0.39, 0.29) is 5.78 Å². The summed E-state index contributed by atoms with van der Waals surface area (Å²) >= 11 is 1.75. The van der Waals surface area contributed by atoms with Gasteiger partial charge in [-0.25, -0.2) is 0 Å². The number of anilines is 1. The van der Waals surface area contributed by atoms with Crippen molar-refractivity contribution in [2.24, 2.45) is 0 Å². The SMILES string of the molecule is CN1C(=CC=c2ccnc3c2=CC=CC3=O)Sc2ccccc21. The van der Waals surface area contributed by atoms with E-state index in [1.165, 1.54) is 10.6 Å². The first-order chi connectivity index (χ1) is 11.2. The second-order valence-corrected chi connectivity index (χ2v) is 6.42. The number of hydrogen-bond acceptors (Lipinski definition) is 4. The van der Waals surface area contributed by atoms with Crippen molar-refractivity contribution in [2.45, 2.75) is 4.90 Å². The van der Waals surface area contributed by atoms with Crippen LogP contribution in [0.5, 0.6) is 0 Å². The van der Waals surface area contributed by atoms with E-state index in [1.54, 1.807) is 30.1 Å². The maximum Gasteiger partial charge on any atom is 0.204 e. The van der Waals surface area contributed by atoms with Gasteiger partial charge in [0, 0.05) is 23.4 Å². The third-order valence-electron chi connectivity index (χ3n) is 3.94. The molecule has 1 aliphatic heterocycles. The Morgan fingerprint density at radius 3 is 2.91 bits per heavy atom. The Morgan fingerprint density at radius 1 is 1.17 bits per heavy atom. The van der Waals surface area contributed by atoms with Crippen molar-refractivity contribution in [3.63, 3.8) is 0 Å². The van der Waals surface area contributed by atoms with Crippen molar-refractivity contribution in [3.05, 3.63) is 75.9 Å². The summed E-state index contributed by atoms with van der Waals surface area (Å²) in [5, 5.41) is 3.06. The van der Waals surface area contributed by atoms with Crippen LogP contribution in [0.15, 0.2) is 64.7 Å². The van der Waals surface area contributed by atoms with Crippen LogP contribution in [0.1, 0.15) is 10.5 Å². The average Bonchev–Trinajstić information content (AvgIpc) is 2.90. The Morgan fingerprint density at radius 2 is 2.04 bits per heavy atom. The molecule has 3 nitrogen and oxygen atoms in total. The van der Waals surface area contributed by atoms with E-state index in [2.05, 4.69) is 47.3 Å². The number of nitrogens with zero attached hydrogens (tertiary/aromatic N) is 2. The average molecular weight is 318 g/mol. The topological polar surface area (TPSA) is 33.2 Å². The number of aromatic nitrogens is 1. The predicted molar refractivity (Wildman–Crippen MR) is 94.7 cm³/mol. The van der Waals surface area contributed by atoms with Crippen LogP contribution in [-0.4, -0.2) is 17.8 Å². The van der Waals surface area contributed by atoms with E-state index in [0.717, 1.165) is 15.5 Å². The molecule has 0 N–H and O–H groups in total. The zero-order valence-electron chi connectivity index (χ0n) is 12.6. The number of ketones is 1. The van der Waals surface area contributed by atoms with Gasteiger partial charge >= 0.3 is 0 Å². The number of rotatable bonds is 1. The van der Waals surface area contributed by atoms with Crippen molar-refractivity contribution < 1.29 is 4.79 Å². The number of para-hydroxylation sites is 1. The smallest absolute Gasteiger partial charge is 0.204 e. The lowest BCUT2D eigenvalue weighted by Crippen LogP contribution is -2.32. The lowest BCUT2D eigenvalue weighted by Gasteiger charge is -2.12. The molecule has 112 valence electrons. The Balaban J connectivity index is 1.79. The molecular weight excluding hydrogens is 304 g/mol. The van der Waals surface area contributed by atoms with Gasteiger partial charge in [0.25, 0.3) is 0 Å². The predicted octanol–water partition coefficient (Wildman–Crippen LogP) is 2.48. The number of benzene rings is 1. The van der Waals surface area contributed by atoms with Crippen LogP contribution >= 0.6 is 11.8 Å². The van der Waals surface area contributed by atoms with Gasteiger partial charge in [-0.15, -0.1) is 0 Å². The van der Waals surface area contributed by atoms with E-state index in [0.29, 0.717) is 5.69 Å². The van der Waals surface area contributed by atoms with Crippen LogP contribution in [0.25, 0.3) is 12.2 Å². The number of hydrogen-bond donors (Lipinski definition) is 0. The maximum atomic E-state index is 11.9. The molecule has 0 atom stereocenters. The van der Waals surface area contributed by atoms with Gasteiger partial charge in [-0.05, 0) is 35.6 Å². The monoisotopic (exact) mass is 318 g/mol. The van der Waals surface area contributed by atoms with Gasteiger partial charge in [-0.1, -0.05) is 42.1 Å². The van der Waals surface area contributed by atoms with Gasteiger partial charge in [-0.3, -0.25) is 9.78 Å². The van der Waals surface area contributed by atoms with Crippen molar-refractivity contribution >= 4 is 35.4 Å². The van der Waals surface area contributed by atoms with Gasteiger partial charge in [0.05, 0.1) is 10.7 Å². The fourth-order valence-corrected chi connectivity index (χ4v) is 3.80. The number of thioether (sulfide) groups is 1. The van der Waals surface area contributed by atoms with Crippen LogP contribution in [-0.2, 0) is 0 Å². The molecule has 0 spiro atoms. The van der Waals surface area contributed by atoms with Crippen molar-refractivity contribution in [3.8, 4) is 0 Å². The molecule has 0 fully saturated rings. The van der Waals surface area contributed by atoms with Crippen LogP contribution in [0.4, 0.5) is 5.69 Å². The second-order valence-electron chi connectivity index (χ2n) is 5.35. The lowest BCUT2D eigenvalue weighted by molar-refractivity contribution is 0.104. The molecule has 0 saturated heterocycles. The number of fused-ring (bicyclic) bond motifs is 2. The Bertz CT molecular complexity index is 989. The summed E-state index contributed by atoms with van der Waals surface area (Å²) < 4.78 is 0. The molecule has 1 aromatic heterocycles. The van der Waals surface area contributed by atoms with Gasteiger partial charge in [0.1, 0.15) is 5.69 Å². The number of carbonyl (C=O) groups is 1. The summed E-state index contributed by atoms with van der Waals surface area (Å²) in [5.41, 5.74) is 1.74. The summed E-state index contributed by atoms with van der Waals surface area (Å²) in [4.78, 5) is 19.5. The molecule has 1 aromatic carbocycles. The second kappa shape index (κ2) is 5.56. The Kier molecular flexibility index (Phi) is 3.39. The van der Waals surface area contributed by atoms with E-state index >= 15 is 0 Å². The van der Waals surface area contributed by atoms with Gasteiger partial charge < -0.3 is 4.90 Å². The van der Waals surface area contributed by atoms with Gasteiger partial charge in [0.15, 0.2) is 0 Å². The fourth-order valence-electron chi connectivity index (χ4n) is 2.74. The van der Waals surface area contributed by atoms with Gasteiger partial charge in [0.2, 0.25) is 5.78 Å². The van der Waals surface area contributed by atoms with E-state index < -0.39 is 0 Å². The third kappa shape index (κ3) is 2.41. The molecule has 0 bridgehead atoms. The summed E-state index contributed by atoms with van der Waals surface area (Å²) in [6.07, 6.45) is 11.1. The minimum Gasteiger partial charge on any atom is -0.338 e. The molecule has 4 heteroatoms. The quantitative estimate of drug-likeness (QED) is 0.809. The maximum absolute atomic E-state index is 11.9. The first-order valence-corrected chi connectivity index (χ1v) is 8.16. The molecule has 2 heterocycles. The molecule has 0 amide bonds. The zero-order chi connectivity index (χ0) is 15.8. The highest BCUT2D eigenvalue weighted by Gasteiger charge is 2.20. The normalized spacial score (nSPS) is 18.1. The Hall–Kier alpha value is -2.59. The number of carbonyl (C=O) groups excluding carboxylic acids is 1. The minimum atomic E-state index is -0.0369. The van der Waals surface area contributed by atoms with Crippen LogP contribution in [0, 0.1) is 0 Å². The molecule has 0 radical (unpaired) electrons. The van der Waals surface area contributed by atoms with Crippen LogP contribution in [0.2, 0.25) is 0 Å². The summed E-state index contributed by atoms with van der Waals surface area (Å²) in [5.74, 6) is -0.0369. The first-order valence-electron chi connectivity index (χ1n) is 7.34. The van der Waals surface area contributed by atoms with E-state index in [9.17, 15) is 4.79 Å². The van der Waals surface area contributed by atoms with Crippen molar-refractivity contribution in [2.75, 3.05) is 11.9 Å². The highest BCUT2D eigenvalue weighted by molar-refractivity contribution is 8.03. The van der Waals surface area contributed by atoms with Crippen molar-refractivity contribution in [1.29, 1.82) is 0 Å². The molecule has 1 aliphatic carbocycles. The minimum absolute atomic E-state index is 0.0369. The number of pyridine rings is 1. The largest absolute Gasteiger partial charge is 0.338 e. The molecule has 2 aromatic rings. The number of allylic oxidation sites excluding steroid dienone is 3. The van der Waals surface area contributed by atoms with E-state index in [1.807, 2.05) is 18.2 Å². The lowest BCUT2D eigenvalue weighted by atomic mass is 10.1. The summed E-state index contributed by atoms with van der Waals surface area (Å²) in [7, 11) is 2.07. The highest BCUT2D eigenvalue weighted by atomic mass is 32.2. The standard InChI is InChI=1S/C19H14N2OS/c1-21-15-6-2-3-8-17(15)23-18(21)10-9-13-11-12-20-19-14(13)5-4-7-16(19)22/h2-12H,1H3. The van der Waals surface area contributed by atoms with Crippen molar-refractivity contribution in [1.82, 2.24) is 4.98 Å². The molecule has 23 heavy (non-hydrogen) atoms. The first kappa shape index (κ1) is 14.0. The van der Waals surface area contributed by atoms with Crippen LogP contribution < -0.4 is 15.3 Å². The highest BCUT2D eigenvalue weighted by Crippen LogP contribution is 2.44. The molecule has 0 saturated carbocycles. The molecule has 4 rings (SSSR count). The zero-order valence-corrected chi connectivity index (χ0v) is 13.4. The van der Waals surface area contributed by atoms with Crippen LogP contribution in [0.3, 0.4) is 0 Å². The summed E-state index contributed by atoms with van der Waals surface area (Å²) in [6, 6.07) is 10.3. The third-order valence-corrected chi connectivity index (χ3v) is 5.13. The molecular formula is C19H14N2OS. The fraction of sp³-hybridized carbons (Fsp3) is 0.0526. The summed E-state index contributed by atoms with van der Waals surface area (Å²) in [6.45, 7) is 0. The molecule has 2 aliphatic rings. The van der Waals surface area contributed by atoms with Gasteiger partial charge in [-0.2, -0.15) is 0 Å². The van der Waals surface area contributed by atoms with E-state index in [4.69, 9.17) is 0 Å². The Labute approximate surface area is 138 Å².